The van der Waals surface area contributed by atoms with Gasteiger partial charge in [0, 0.05) is 34.0 Å². The van der Waals surface area contributed by atoms with Gasteiger partial charge in [0.25, 0.3) is 0 Å². The number of fused-ring (bicyclic) bond motifs is 1. The summed E-state index contributed by atoms with van der Waals surface area (Å²) in [6, 6.07) is 8.58. The van der Waals surface area contributed by atoms with Crippen molar-refractivity contribution in [3.63, 3.8) is 0 Å². The summed E-state index contributed by atoms with van der Waals surface area (Å²) in [7, 11) is 0. The van der Waals surface area contributed by atoms with E-state index in [1.165, 1.54) is 21.7 Å². The molecule has 1 aliphatic heterocycles. The Morgan fingerprint density at radius 3 is 3.06 bits per heavy atom. The van der Waals surface area contributed by atoms with Gasteiger partial charge in [-0.15, -0.1) is 22.9 Å². The van der Waals surface area contributed by atoms with E-state index in [0.717, 1.165) is 24.0 Å². The molecule has 2 aromatic rings. The van der Waals surface area contributed by atoms with Crippen LogP contribution in [-0.4, -0.2) is 6.54 Å². The van der Waals surface area contributed by atoms with Crippen molar-refractivity contribution in [1.29, 1.82) is 0 Å². The number of rotatable bonds is 2. The van der Waals surface area contributed by atoms with Gasteiger partial charge in [-0.25, -0.2) is 0 Å². The van der Waals surface area contributed by atoms with Crippen LogP contribution in [0.15, 0.2) is 34.1 Å². The largest absolute Gasteiger partial charge is 0.367 e. The first kappa shape index (κ1) is 12.5. The summed E-state index contributed by atoms with van der Waals surface area (Å²) in [6.07, 6.45) is 1.14. The first-order chi connectivity index (χ1) is 8.78. The minimum atomic E-state index is 0.565. The minimum absolute atomic E-state index is 0.565. The van der Waals surface area contributed by atoms with Crippen molar-refractivity contribution in [1.82, 2.24) is 0 Å². The number of hydrogen-bond acceptors (Lipinski definition) is 2. The van der Waals surface area contributed by atoms with Gasteiger partial charge in [0.2, 0.25) is 0 Å². The molecule has 1 aromatic carbocycles. The SMILES string of the molecule is ClCc1ccc(Br)cc1N1CCc2sccc2C1. The van der Waals surface area contributed by atoms with E-state index in [4.69, 9.17) is 11.6 Å². The maximum atomic E-state index is 6.04. The fraction of sp³-hybridized carbons (Fsp3) is 0.286. The van der Waals surface area contributed by atoms with Gasteiger partial charge in [-0.1, -0.05) is 22.0 Å². The molecule has 0 spiro atoms. The van der Waals surface area contributed by atoms with Gasteiger partial charge in [0.15, 0.2) is 0 Å². The molecule has 0 bridgehead atoms. The summed E-state index contributed by atoms with van der Waals surface area (Å²) in [6.45, 7) is 2.08. The standard InChI is InChI=1S/C14H13BrClNS/c15-12-2-1-10(8-16)13(7-12)17-5-3-14-11(9-17)4-6-18-14/h1-2,4,6-7H,3,5,8-9H2. The molecule has 0 amide bonds. The Morgan fingerprint density at radius 2 is 2.22 bits per heavy atom. The van der Waals surface area contributed by atoms with Gasteiger partial charge in [0.1, 0.15) is 0 Å². The molecule has 1 aromatic heterocycles. The van der Waals surface area contributed by atoms with Crippen LogP contribution in [0.5, 0.6) is 0 Å². The van der Waals surface area contributed by atoms with Crippen molar-refractivity contribution < 1.29 is 0 Å². The van der Waals surface area contributed by atoms with Crippen LogP contribution in [0.3, 0.4) is 0 Å². The predicted molar refractivity (Wildman–Crippen MR) is 82.8 cm³/mol. The van der Waals surface area contributed by atoms with Gasteiger partial charge in [-0.2, -0.15) is 0 Å². The third-order valence-electron chi connectivity index (χ3n) is 3.34. The highest BCUT2D eigenvalue weighted by Gasteiger charge is 2.19. The highest BCUT2D eigenvalue weighted by molar-refractivity contribution is 9.10. The molecule has 3 rings (SSSR count). The zero-order chi connectivity index (χ0) is 12.5. The maximum Gasteiger partial charge on any atom is 0.0494 e. The Morgan fingerprint density at radius 1 is 1.33 bits per heavy atom. The lowest BCUT2D eigenvalue weighted by Gasteiger charge is -2.30. The maximum absolute atomic E-state index is 6.04. The van der Waals surface area contributed by atoms with Crippen LogP contribution in [0.4, 0.5) is 5.69 Å². The zero-order valence-electron chi connectivity index (χ0n) is 9.83. The van der Waals surface area contributed by atoms with Crippen molar-refractivity contribution in [3.05, 3.63) is 50.1 Å². The number of halogens is 2. The summed E-state index contributed by atoms with van der Waals surface area (Å²) in [5.41, 5.74) is 3.93. The molecule has 0 radical (unpaired) electrons. The molecule has 1 nitrogen and oxygen atoms in total. The predicted octanol–water partition coefficient (Wildman–Crippen LogP) is 4.81. The lowest BCUT2D eigenvalue weighted by Crippen LogP contribution is -2.30. The van der Waals surface area contributed by atoms with Gasteiger partial charge >= 0.3 is 0 Å². The van der Waals surface area contributed by atoms with Gasteiger partial charge in [-0.3, -0.25) is 0 Å². The fourth-order valence-corrected chi connectivity index (χ4v) is 3.86. The van der Waals surface area contributed by atoms with E-state index in [9.17, 15) is 0 Å². The minimum Gasteiger partial charge on any atom is -0.367 e. The van der Waals surface area contributed by atoms with Crippen LogP contribution in [0.1, 0.15) is 16.0 Å². The number of benzene rings is 1. The van der Waals surface area contributed by atoms with E-state index in [1.807, 2.05) is 11.3 Å². The molecule has 0 unspecified atom stereocenters. The first-order valence-electron chi connectivity index (χ1n) is 5.92. The second kappa shape index (κ2) is 5.24. The molecule has 0 N–H and O–H groups in total. The number of thiophene rings is 1. The highest BCUT2D eigenvalue weighted by Crippen LogP contribution is 2.32. The van der Waals surface area contributed by atoms with E-state index in [0.29, 0.717) is 5.88 Å². The topological polar surface area (TPSA) is 3.24 Å². The van der Waals surface area contributed by atoms with Gasteiger partial charge in [-0.05, 0) is 41.1 Å². The Kier molecular flexibility index (Phi) is 3.64. The van der Waals surface area contributed by atoms with Crippen molar-refractivity contribution in [2.24, 2.45) is 0 Å². The number of anilines is 1. The molecule has 2 heterocycles. The Labute approximate surface area is 125 Å². The quantitative estimate of drug-likeness (QED) is 0.708. The highest BCUT2D eigenvalue weighted by atomic mass is 79.9. The smallest absolute Gasteiger partial charge is 0.0494 e. The molecule has 0 saturated heterocycles. The molecule has 1 aliphatic rings. The van der Waals surface area contributed by atoms with E-state index in [2.05, 4.69) is 50.5 Å². The third-order valence-corrected chi connectivity index (χ3v) is 5.14. The molecule has 18 heavy (non-hydrogen) atoms. The van der Waals surface area contributed by atoms with Crippen LogP contribution in [-0.2, 0) is 18.8 Å². The average Bonchev–Trinajstić information content (AvgIpc) is 2.85. The molecular formula is C14H13BrClNS. The summed E-state index contributed by atoms with van der Waals surface area (Å²) in [5, 5.41) is 2.19. The molecule has 0 atom stereocenters. The summed E-state index contributed by atoms with van der Waals surface area (Å²) in [4.78, 5) is 3.96. The second-order valence-corrected chi connectivity index (χ2v) is 6.63. The molecule has 94 valence electrons. The molecular weight excluding hydrogens is 330 g/mol. The molecule has 0 aliphatic carbocycles. The van der Waals surface area contributed by atoms with Gasteiger partial charge < -0.3 is 4.90 Å². The lowest BCUT2D eigenvalue weighted by molar-refractivity contribution is 0.740. The zero-order valence-corrected chi connectivity index (χ0v) is 13.0. The van der Waals surface area contributed by atoms with Crippen molar-refractivity contribution in [3.8, 4) is 0 Å². The molecule has 0 fully saturated rings. The Hall–Kier alpha value is -0.510. The van der Waals surface area contributed by atoms with Crippen LogP contribution in [0.2, 0.25) is 0 Å². The van der Waals surface area contributed by atoms with Crippen LogP contribution in [0, 0.1) is 0 Å². The number of hydrogen-bond donors (Lipinski definition) is 0. The molecule has 4 heteroatoms. The van der Waals surface area contributed by atoms with Gasteiger partial charge in [0.05, 0.1) is 0 Å². The number of nitrogens with zero attached hydrogens (tertiary/aromatic N) is 1. The summed E-state index contributed by atoms with van der Waals surface area (Å²) in [5.74, 6) is 0.565. The van der Waals surface area contributed by atoms with Crippen LogP contribution >= 0.6 is 38.9 Å². The third kappa shape index (κ3) is 2.31. The summed E-state index contributed by atoms with van der Waals surface area (Å²) < 4.78 is 1.11. The van der Waals surface area contributed by atoms with E-state index in [-0.39, 0.29) is 0 Å². The molecule has 0 saturated carbocycles. The van der Waals surface area contributed by atoms with E-state index >= 15 is 0 Å². The van der Waals surface area contributed by atoms with Crippen molar-refractivity contribution in [2.75, 3.05) is 11.4 Å². The average molecular weight is 343 g/mol. The Bertz CT molecular complexity index is 567. The van der Waals surface area contributed by atoms with Crippen molar-refractivity contribution >= 4 is 44.6 Å². The summed E-state index contributed by atoms with van der Waals surface area (Å²) >= 11 is 11.5. The lowest BCUT2D eigenvalue weighted by atomic mass is 10.1. The monoisotopic (exact) mass is 341 g/mol. The fourth-order valence-electron chi connectivity index (χ4n) is 2.40. The number of alkyl halides is 1. The van der Waals surface area contributed by atoms with Crippen LogP contribution < -0.4 is 4.90 Å². The van der Waals surface area contributed by atoms with E-state index < -0.39 is 0 Å². The van der Waals surface area contributed by atoms with Crippen molar-refractivity contribution in [2.45, 2.75) is 18.8 Å². The Balaban J connectivity index is 1.94. The normalized spacial score (nSPS) is 14.7. The second-order valence-electron chi connectivity index (χ2n) is 4.45. The van der Waals surface area contributed by atoms with E-state index in [1.54, 1.807) is 0 Å². The first-order valence-corrected chi connectivity index (χ1v) is 8.13. The van der Waals surface area contributed by atoms with Crippen LogP contribution in [0.25, 0.3) is 0 Å².